The molecule has 0 radical (unpaired) electrons. The number of aromatic amines is 1. The summed E-state index contributed by atoms with van der Waals surface area (Å²) in [5.41, 5.74) is 10.1. The number of amides is 5. The number of Topliss-reactive ketones (excluding diaryl/α,β-unsaturated/α-hetero) is 1. The Morgan fingerprint density at radius 3 is 1.77 bits per heavy atom. The van der Waals surface area contributed by atoms with E-state index in [0.717, 1.165) is 77.1 Å². The Balaban J connectivity index is 0.637. The second-order valence-electron chi connectivity index (χ2n) is 25.0. The van der Waals surface area contributed by atoms with Crippen LogP contribution in [0.5, 0.6) is 0 Å². The summed E-state index contributed by atoms with van der Waals surface area (Å²) in [6.45, 7) is 11.7. The average molecular weight is 1420 g/mol. The Hall–Kier alpha value is -7.83. The van der Waals surface area contributed by atoms with Gasteiger partial charge in [-0.2, -0.15) is 20.5 Å². The summed E-state index contributed by atoms with van der Waals surface area (Å²) in [6, 6.07) is 25.6. The Bertz CT molecular complexity index is 3380. The summed E-state index contributed by atoms with van der Waals surface area (Å²) in [5.74, 6) is -1.46. The summed E-state index contributed by atoms with van der Waals surface area (Å²) >= 11 is 0. The molecule has 102 heavy (non-hydrogen) atoms. The Morgan fingerprint density at radius 1 is 0.559 bits per heavy atom. The summed E-state index contributed by atoms with van der Waals surface area (Å²) in [7, 11) is 0. The first-order valence-electron chi connectivity index (χ1n) is 36.2. The molecule has 4 heterocycles. The van der Waals surface area contributed by atoms with Gasteiger partial charge in [0.25, 0.3) is 0 Å². The van der Waals surface area contributed by atoms with Crippen molar-refractivity contribution in [2.24, 2.45) is 5.92 Å². The molecule has 0 saturated carbocycles. The Kier molecular flexibility index (Phi) is 36.0. The van der Waals surface area contributed by atoms with Gasteiger partial charge in [0.05, 0.1) is 149 Å². The third-order valence-corrected chi connectivity index (χ3v) is 17.7. The standard InChI is InChI=1S/C75H103N9O18/c1-3-57-54-70(89)83(75(57)91)31-28-67(86)76-30-37-95-43-49-101-53-52-100-48-42-94-36-29-68(87)82(33-39-97-45-51-99-47-41-93-35-13-23-71(90)102-61-18-11-21-64-62(26-25-61)56(2)77-78-72(64)58-14-5-4-6-15-58)32-38-96-44-50-98-46-40-92-34-12-17-60(85)24-27-69(88)84-55-59-16-7-8-19-63(59)73-74(80-81-79-73)65-20-9-10-22-66(65)84/h4-10,14-16,19-20,22,57,61H,3,11-13,17-18,21,23-55H2,1-2H3,(H,76,86)(H,79,80,81)/t57-,61-/m0/s1. The highest BCUT2D eigenvalue weighted by Crippen LogP contribution is 2.40. The zero-order valence-electron chi connectivity index (χ0n) is 59.4. The minimum Gasteiger partial charge on any atom is -0.462 e. The van der Waals surface area contributed by atoms with E-state index >= 15 is 0 Å². The summed E-state index contributed by atoms with van der Waals surface area (Å²) < 4.78 is 62.9. The number of ketones is 1. The van der Waals surface area contributed by atoms with Gasteiger partial charge in [0.2, 0.25) is 29.5 Å². The van der Waals surface area contributed by atoms with E-state index in [1.807, 2.05) is 80.6 Å². The molecule has 0 unspecified atom stereocenters. The highest BCUT2D eigenvalue weighted by atomic mass is 16.6. The number of nitrogens with one attached hydrogen (secondary N) is 2. The molecule has 3 aliphatic rings. The largest absolute Gasteiger partial charge is 0.462 e. The topological polar surface area (TPSA) is 310 Å². The van der Waals surface area contributed by atoms with Gasteiger partial charge in [-0.3, -0.25) is 38.5 Å². The van der Waals surface area contributed by atoms with E-state index in [1.165, 1.54) is 16.0 Å². The number of para-hydroxylation sites is 1. The van der Waals surface area contributed by atoms with Crippen molar-refractivity contribution in [1.29, 1.82) is 0 Å². The SMILES string of the molecule is CC[C@H]1CC(=O)N(CCC(=O)NCCOCCOCCOCCOCCC(=O)N(CCOCCOCCOCCCC(=O)CCC(=O)N2Cc3ccccc3-c3n[nH]nc3-c3ccccc32)CCOCCOCCOCCCC(=O)O[C@H]2CCCc3c(-c4ccccc4)nnc(C)c3CC2)C1=O. The van der Waals surface area contributed by atoms with Crippen LogP contribution < -0.4 is 10.2 Å². The van der Waals surface area contributed by atoms with Crippen molar-refractivity contribution in [3.63, 3.8) is 0 Å². The number of aromatic nitrogens is 5. The molecule has 1 aliphatic carbocycles. The van der Waals surface area contributed by atoms with Gasteiger partial charge in [0, 0.05) is 101 Å². The van der Waals surface area contributed by atoms with E-state index in [-0.39, 0.29) is 131 Å². The molecule has 27 heteroatoms. The number of likely N-dealkylation sites (tertiary alicyclic amines) is 1. The molecule has 2 aliphatic heterocycles. The molecule has 0 spiro atoms. The van der Waals surface area contributed by atoms with Crippen LogP contribution in [0.25, 0.3) is 33.8 Å². The number of carbonyl (C=O) groups is 7. The number of hydrogen-bond donors (Lipinski definition) is 2. The van der Waals surface area contributed by atoms with Crippen LogP contribution in [0, 0.1) is 12.8 Å². The second-order valence-corrected chi connectivity index (χ2v) is 25.0. The van der Waals surface area contributed by atoms with Gasteiger partial charge < -0.3 is 67.2 Å². The lowest BCUT2D eigenvalue weighted by Gasteiger charge is -2.28. The fourth-order valence-electron chi connectivity index (χ4n) is 12.2. The summed E-state index contributed by atoms with van der Waals surface area (Å²) in [4.78, 5) is 94.1. The average Bonchev–Trinajstić information content (AvgIpc) is 1.32. The number of fused-ring (bicyclic) bond motifs is 6. The van der Waals surface area contributed by atoms with Crippen LogP contribution in [0.1, 0.15) is 113 Å². The highest BCUT2D eigenvalue weighted by molar-refractivity contribution is 6.04. The van der Waals surface area contributed by atoms with Gasteiger partial charge in [-0.05, 0) is 81.0 Å². The molecular formula is C75H103N9O18. The summed E-state index contributed by atoms with van der Waals surface area (Å²) in [5, 5.41) is 23.4. The number of rotatable bonds is 50. The van der Waals surface area contributed by atoms with E-state index in [9.17, 15) is 33.6 Å². The molecule has 0 bridgehead atoms. The van der Waals surface area contributed by atoms with Crippen molar-refractivity contribution in [3.05, 3.63) is 101 Å². The number of carbonyl (C=O) groups excluding carboxylic acids is 7. The first-order valence-corrected chi connectivity index (χ1v) is 36.2. The van der Waals surface area contributed by atoms with E-state index in [0.29, 0.717) is 157 Å². The lowest BCUT2D eigenvalue weighted by Crippen LogP contribution is -2.37. The summed E-state index contributed by atoms with van der Waals surface area (Å²) in [6.07, 6.45) is 6.79. The minimum absolute atomic E-state index is 0.00793. The van der Waals surface area contributed by atoms with Crippen molar-refractivity contribution in [1.82, 2.24) is 40.7 Å². The quantitative estimate of drug-likeness (QED) is 0.0220. The zero-order chi connectivity index (χ0) is 71.8. The Morgan fingerprint density at radius 2 is 1.13 bits per heavy atom. The molecule has 5 amide bonds. The third-order valence-electron chi connectivity index (χ3n) is 17.7. The first-order chi connectivity index (χ1) is 50.0. The second kappa shape index (κ2) is 46.0. The predicted molar refractivity (Wildman–Crippen MR) is 377 cm³/mol. The molecule has 5 aromatic rings. The number of hydrogen-bond acceptors (Lipinski definition) is 22. The van der Waals surface area contributed by atoms with Gasteiger partial charge in [0.1, 0.15) is 23.3 Å². The first kappa shape index (κ1) is 79.9. The maximum absolute atomic E-state index is 13.8. The fraction of sp³-hybridized carbons (Fsp3) is 0.587. The van der Waals surface area contributed by atoms with E-state index in [1.54, 1.807) is 9.80 Å². The molecule has 2 aromatic heterocycles. The molecule has 27 nitrogen and oxygen atoms in total. The minimum atomic E-state index is -0.286. The number of esters is 1. The van der Waals surface area contributed by atoms with Crippen molar-refractivity contribution in [2.75, 3.05) is 163 Å². The number of imide groups is 1. The predicted octanol–water partition coefficient (Wildman–Crippen LogP) is 7.22. The number of benzene rings is 3. The van der Waals surface area contributed by atoms with Gasteiger partial charge in [-0.25, -0.2) is 0 Å². The monoisotopic (exact) mass is 1420 g/mol. The molecule has 3 aromatic carbocycles. The molecule has 2 atom stereocenters. The van der Waals surface area contributed by atoms with Crippen molar-refractivity contribution < 1.29 is 85.7 Å². The van der Waals surface area contributed by atoms with Crippen LogP contribution >= 0.6 is 0 Å². The molecule has 1 fully saturated rings. The van der Waals surface area contributed by atoms with Crippen LogP contribution in [-0.4, -0.2) is 241 Å². The molecular weight excluding hydrogens is 1310 g/mol. The van der Waals surface area contributed by atoms with Crippen LogP contribution in [0.4, 0.5) is 5.69 Å². The van der Waals surface area contributed by atoms with E-state index in [2.05, 4.69) is 43.1 Å². The van der Waals surface area contributed by atoms with Gasteiger partial charge >= 0.3 is 5.97 Å². The number of nitrogens with zero attached hydrogens (tertiary/aromatic N) is 7. The Labute approximate surface area is 597 Å². The van der Waals surface area contributed by atoms with Crippen LogP contribution in [-0.2, 0) is 105 Å². The maximum atomic E-state index is 13.8. The van der Waals surface area contributed by atoms with Crippen LogP contribution in [0.15, 0.2) is 78.9 Å². The lowest BCUT2D eigenvalue weighted by atomic mass is 9.89. The van der Waals surface area contributed by atoms with E-state index < -0.39 is 0 Å². The molecule has 556 valence electrons. The molecule has 1 saturated heterocycles. The van der Waals surface area contributed by atoms with Gasteiger partial charge in [0.15, 0.2) is 0 Å². The third kappa shape index (κ3) is 27.1. The van der Waals surface area contributed by atoms with Crippen molar-refractivity contribution >= 4 is 47.0 Å². The van der Waals surface area contributed by atoms with Crippen LogP contribution in [0.3, 0.4) is 0 Å². The highest BCUT2D eigenvalue weighted by Gasteiger charge is 2.37. The van der Waals surface area contributed by atoms with Crippen molar-refractivity contribution in [3.8, 4) is 33.8 Å². The lowest BCUT2D eigenvalue weighted by molar-refractivity contribution is -0.150. The van der Waals surface area contributed by atoms with E-state index in [4.69, 9.17) is 52.1 Å². The normalized spacial score (nSPS) is 15.0. The van der Waals surface area contributed by atoms with Crippen molar-refractivity contribution in [2.45, 2.75) is 123 Å². The number of ether oxygens (including phenoxy) is 11. The maximum Gasteiger partial charge on any atom is 0.306 e. The van der Waals surface area contributed by atoms with Crippen LogP contribution in [0.2, 0.25) is 0 Å². The molecule has 2 N–H and O–H groups in total. The number of aryl methyl sites for hydroxylation is 1. The van der Waals surface area contributed by atoms with Gasteiger partial charge in [-0.15, -0.1) is 5.10 Å². The number of H-pyrrole nitrogens is 1. The van der Waals surface area contributed by atoms with Gasteiger partial charge in [-0.1, -0.05) is 79.7 Å². The smallest absolute Gasteiger partial charge is 0.306 e. The number of anilines is 1. The fourth-order valence-corrected chi connectivity index (χ4v) is 12.2. The zero-order valence-corrected chi connectivity index (χ0v) is 59.4. The molecule has 8 rings (SSSR count).